The van der Waals surface area contributed by atoms with Crippen LogP contribution < -0.4 is 5.32 Å². The van der Waals surface area contributed by atoms with Gasteiger partial charge in [-0.1, -0.05) is 144 Å². The van der Waals surface area contributed by atoms with Gasteiger partial charge in [0.15, 0.2) is 6.29 Å². The smallest absolute Gasteiger partial charge is 0.220 e. The number of benzene rings is 2. The van der Waals surface area contributed by atoms with Gasteiger partial charge in [0.2, 0.25) is 11.1 Å². The van der Waals surface area contributed by atoms with Gasteiger partial charge in [-0.05, 0) is 33.5 Å². The van der Waals surface area contributed by atoms with Crippen LogP contribution in [0.3, 0.4) is 0 Å². The summed E-state index contributed by atoms with van der Waals surface area (Å²) in [4.78, 5) is 12.5. The number of aliphatic hydroxyl groups is 1. The number of tetrazole rings is 1. The molecule has 0 aliphatic carbocycles. The summed E-state index contributed by atoms with van der Waals surface area (Å²) in [7, 11) is 1.82. The van der Waals surface area contributed by atoms with Crippen molar-refractivity contribution in [2.75, 3.05) is 5.75 Å². The molecular weight excluding hydrogens is 611 g/mol. The minimum absolute atomic E-state index is 0.00871. The second-order valence-corrected chi connectivity index (χ2v) is 13.7. The number of aryl methyl sites for hydroxylation is 1. The molecule has 3 atom stereocenters. The number of aliphatic hydroxyl groups excluding tert-OH is 1. The summed E-state index contributed by atoms with van der Waals surface area (Å²) in [6.07, 6.45) is 17.4. The number of carbonyl (C=O) groups excluding carboxylic acids is 1. The number of hydrogen-bond donors (Lipinski definition) is 2. The van der Waals surface area contributed by atoms with E-state index in [1.54, 1.807) is 16.4 Å². The Morgan fingerprint density at radius 1 is 0.851 bits per heavy atom. The molecule has 1 amide bonds. The number of nitrogens with zero attached hydrogens (tertiary/aromatic N) is 4. The molecule has 258 valence electrons. The maximum atomic E-state index is 12.5. The Hall–Kier alpha value is -2.79. The van der Waals surface area contributed by atoms with E-state index in [0.29, 0.717) is 25.1 Å². The SMILES string of the molecule is CCCCCCCCCCCCCCCC(=O)NCc1ccc(C2OC(CSc3nnnn3C)CC(c3ccc(CO)cc3)O2)cc1. The highest BCUT2D eigenvalue weighted by atomic mass is 32.2. The van der Waals surface area contributed by atoms with Crippen LogP contribution in [0.2, 0.25) is 0 Å². The molecule has 9 nitrogen and oxygen atoms in total. The van der Waals surface area contributed by atoms with Crippen molar-refractivity contribution in [1.82, 2.24) is 25.5 Å². The highest BCUT2D eigenvalue weighted by Crippen LogP contribution is 2.39. The molecule has 0 radical (unpaired) electrons. The second-order valence-electron chi connectivity index (χ2n) is 12.8. The maximum Gasteiger partial charge on any atom is 0.220 e. The van der Waals surface area contributed by atoms with Crippen LogP contribution in [0.5, 0.6) is 0 Å². The Bertz CT molecular complexity index is 1290. The average molecular weight is 666 g/mol. The lowest BCUT2D eigenvalue weighted by atomic mass is 10.0. The molecule has 0 bridgehead atoms. The topological polar surface area (TPSA) is 111 Å². The van der Waals surface area contributed by atoms with E-state index in [0.717, 1.165) is 40.3 Å². The highest BCUT2D eigenvalue weighted by Gasteiger charge is 2.32. The fourth-order valence-corrected chi connectivity index (χ4v) is 6.79. The van der Waals surface area contributed by atoms with Gasteiger partial charge in [0.25, 0.3) is 0 Å². The third-order valence-electron chi connectivity index (χ3n) is 8.84. The Balaban J connectivity index is 1.17. The zero-order valence-electron chi connectivity index (χ0n) is 28.4. The first-order valence-electron chi connectivity index (χ1n) is 17.8. The van der Waals surface area contributed by atoms with Crippen molar-refractivity contribution in [3.05, 3.63) is 70.8 Å². The summed E-state index contributed by atoms with van der Waals surface area (Å²) in [5, 5.41) is 25.0. The first-order valence-corrected chi connectivity index (χ1v) is 18.8. The number of aromatic nitrogens is 4. The summed E-state index contributed by atoms with van der Waals surface area (Å²) < 4.78 is 14.5. The molecule has 47 heavy (non-hydrogen) atoms. The van der Waals surface area contributed by atoms with Crippen LogP contribution in [0.4, 0.5) is 0 Å². The van der Waals surface area contributed by atoms with Crippen molar-refractivity contribution in [3.63, 3.8) is 0 Å². The fraction of sp³-hybridized carbons (Fsp3) is 0.622. The van der Waals surface area contributed by atoms with E-state index in [4.69, 9.17) is 9.47 Å². The van der Waals surface area contributed by atoms with Gasteiger partial charge >= 0.3 is 0 Å². The molecule has 1 aliphatic heterocycles. The first kappa shape index (κ1) is 37.0. The summed E-state index contributed by atoms with van der Waals surface area (Å²) >= 11 is 1.56. The van der Waals surface area contributed by atoms with Crippen LogP contribution in [0, 0.1) is 0 Å². The van der Waals surface area contributed by atoms with Gasteiger partial charge in [-0.3, -0.25) is 4.79 Å². The van der Waals surface area contributed by atoms with Gasteiger partial charge in [0.05, 0.1) is 18.8 Å². The van der Waals surface area contributed by atoms with Crippen molar-refractivity contribution < 1.29 is 19.4 Å². The van der Waals surface area contributed by atoms with Crippen molar-refractivity contribution >= 4 is 17.7 Å². The predicted molar refractivity (Wildman–Crippen MR) is 187 cm³/mol. The minimum Gasteiger partial charge on any atom is -0.392 e. The van der Waals surface area contributed by atoms with Gasteiger partial charge in [-0.2, -0.15) is 0 Å². The van der Waals surface area contributed by atoms with E-state index < -0.39 is 6.29 Å². The Morgan fingerprint density at radius 3 is 2.04 bits per heavy atom. The lowest BCUT2D eigenvalue weighted by Gasteiger charge is -2.36. The van der Waals surface area contributed by atoms with Crippen LogP contribution in [0.1, 0.15) is 138 Å². The number of unbranched alkanes of at least 4 members (excludes halogenated alkanes) is 12. The molecule has 2 N–H and O–H groups in total. The zero-order chi connectivity index (χ0) is 33.1. The van der Waals surface area contributed by atoms with Crippen LogP contribution in [0.15, 0.2) is 53.7 Å². The molecule has 0 spiro atoms. The van der Waals surface area contributed by atoms with E-state index in [9.17, 15) is 9.90 Å². The van der Waals surface area contributed by atoms with Gasteiger partial charge in [0.1, 0.15) is 0 Å². The van der Waals surface area contributed by atoms with E-state index in [1.807, 2.05) is 55.6 Å². The summed E-state index contributed by atoms with van der Waals surface area (Å²) in [5.41, 5.74) is 3.89. The monoisotopic (exact) mass is 665 g/mol. The molecule has 2 heterocycles. The van der Waals surface area contributed by atoms with E-state index in [2.05, 4.69) is 27.8 Å². The van der Waals surface area contributed by atoms with E-state index in [1.165, 1.54) is 70.6 Å². The molecule has 1 aliphatic rings. The lowest BCUT2D eigenvalue weighted by molar-refractivity contribution is -0.245. The maximum absolute atomic E-state index is 12.5. The number of nitrogens with one attached hydrogen (secondary N) is 1. The number of ether oxygens (including phenoxy) is 2. The molecule has 1 fully saturated rings. The van der Waals surface area contributed by atoms with Gasteiger partial charge in [-0.25, -0.2) is 4.68 Å². The Morgan fingerprint density at radius 2 is 1.45 bits per heavy atom. The standard InChI is InChI=1S/C37H55N5O4S/c1-3-4-5-6-7-8-9-10-11-12-13-14-15-16-35(44)38-26-29-17-23-32(24-18-29)36-45-33(28-47-37-39-40-41-42(37)2)25-34(46-36)31-21-19-30(27-43)20-22-31/h17-24,33-34,36,43H,3-16,25-28H2,1-2H3,(H,38,44). The van der Waals surface area contributed by atoms with Crippen LogP contribution in [-0.2, 0) is 34.5 Å². The number of carbonyl (C=O) groups is 1. The van der Waals surface area contributed by atoms with Crippen molar-refractivity contribution in [2.45, 2.75) is 140 Å². The van der Waals surface area contributed by atoms with Crippen molar-refractivity contribution in [2.24, 2.45) is 7.05 Å². The van der Waals surface area contributed by atoms with Crippen LogP contribution >= 0.6 is 11.8 Å². The number of thioether (sulfide) groups is 1. The number of hydrogen-bond acceptors (Lipinski definition) is 8. The van der Waals surface area contributed by atoms with Crippen molar-refractivity contribution in [3.8, 4) is 0 Å². The average Bonchev–Trinajstić information content (AvgIpc) is 3.52. The van der Waals surface area contributed by atoms with Crippen LogP contribution in [-0.4, -0.2) is 43.1 Å². The normalized spacial score (nSPS) is 18.0. The molecular formula is C37H55N5O4S. The second kappa shape index (κ2) is 21.2. The Kier molecular flexibility index (Phi) is 16.7. The van der Waals surface area contributed by atoms with Gasteiger partial charge in [0, 0.05) is 37.8 Å². The molecule has 3 aromatic rings. The van der Waals surface area contributed by atoms with E-state index >= 15 is 0 Å². The molecule has 1 aromatic heterocycles. The summed E-state index contributed by atoms with van der Waals surface area (Å²) in [6.45, 7) is 2.79. The van der Waals surface area contributed by atoms with Gasteiger partial charge < -0.3 is 19.9 Å². The first-order chi connectivity index (χ1) is 23.1. The van der Waals surface area contributed by atoms with Crippen molar-refractivity contribution in [1.29, 1.82) is 0 Å². The predicted octanol–water partition coefficient (Wildman–Crippen LogP) is 8.14. The van der Waals surface area contributed by atoms with Gasteiger partial charge in [-0.15, -0.1) is 5.10 Å². The van der Waals surface area contributed by atoms with Crippen LogP contribution in [0.25, 0.3) is 0 Å². The molecule has 0 saturated carbocycles. The summed E-state index contributed by atoms with van der Waals surface area (Å²) in [6, 6.07) is 16.0. The molecule has 1 saturated heterocycles. The highest BCUT2D eigenvalue weighted by molar-refractivity contribution is 7.99. The third kappa shape index (κ3) is 13.3. The minimum atomic E-state index is -0.534. The molecule has 3 unspecified atom stereocenters. The largest absolute Gasteiger partial charge is 0.392 e. The van der Waals surface area contributed by atoms with E-state index in [-0.39, 0.29) is 24.7 Å². The fourth-order valence-electron chi connectivity index (χ4n) is 5.92. The third-order valence-corrected chi connectivity index (χ3v) is 9.99. The zero-order valence-corrected chi connectivity index (χ0v) is 29.3. The lowest BCUT2D eigenvalue weighted by Crippen LogP contribution is -2.31. The Labute approximate surface area is 285 Å². The molecule has 2 aromatic carbocycles. The number of rotatable bonds is 22. The molecule has 10 heteroatoms. The number of amides is 1. The molecule has 4 rings (SSSR count). The summed E-state index contributed by atoms with van der Waals surface area (Å²) in [5.74, 6) is 0.799. The quantitative estimate of drug-likeness (QED) is 0.0818.